The number of ketones is 1. The number of Topliss-reactive ketones (excluding diaryl/α,β-unsaturated/α-hetero) is 1. The van der Waals surface area contributed by atoms with Crippen LogP contribution < -0.4 is 5.32 Å². The highest BCUT2D eigenvalue weighted by Crippen LogP contribution is 2.32. The molecule has 0 radical (unpaired) electrons. The molecule has 27 heavy (non-hydrogen) atoms. The number of nitrogens with one attached hydrogen (secondary N) is 1. The van der Waals surface area contributed by atoms with Gasteiger partial charge in [0.1, 0.15) is 18.8 Å². The summed E-state index contributed by atoms with van der Waals surface area (Å²) in [6.07, 6.45) is -0.380. The average Bonchev–Trinajstić information content (AvgIpc) is 2.59. The number of hydrogen-bond donors (Lipinski definition) is 1. The van der Waals surface area contributed by atoms with Crippen LogP contribution in [-0.4, -0.2) is 41.3 Å². The molecule has 1 aliphatic heterocycles. The van der Waals surface area contributed by atoms with E-state index in [1.807, 2.05) is 0 Å². The number of nitro benzene ring substituents is 1. The van der Waals surface area contributed by atoms with E-state index in [-0.39, 0.29) is 36.4 Å². The minimum Gasteiger partial charge on any atom is -0.460 e. The van der Waals surface area contributed by atoms with Crippen LogP contribution in [0.15, 0.2) is 24.3 Å². The molecule has 0 aromatic heterocycles. The van der Waals surface area contributed by atoms with Crippen molar-refractivity contribution in [2.45, 2.75) is 44.9 Å². The summed E-state index contributed by atoms with van der Waals surface area (Å²) < 4.78 is 10.3. The van der Waals surface area contributed by atoms with Crippen molar-refractivity contribution in [3.8, 4) is 0 Å². The van der Waals surface area contributed by atoms with Crippen LogP contribution in [-0.2, 0) is 30.5 Å². The first-order valence-corrected chi connectivity index (χ1v) is 8.40. The lowest BCUT2D eigenvalue weighted by Gasteiger charge is -2.45. The molecule has 0 unspecified atom stereocenters. The number of benzene rings is 1. The standard InChI is InChI=1S/C18H22N2O7/c1-18(2,26-3)16-14(19-17(16)23)8-13(21)9-15(22)27-10-11-4-6-12(7-5-11)20(24)25/h4-7,14,16H,8-10H2,1-3H3,(H,19,23)/t14-,16+/m1/s1. The van der Waals surface area contributed by atoms with Crippen molar-refractivity contribution >= 4 is 23.3 Å². The largest absolute Gasteiger partial charge is 0.460 e. The van der Waals surface area contributed by atoms with E-state index in [1.165, 1.54) is 31.4 Å². The van der Waals surface area contributed by atoms with Gasteiger partial charge in [0.15, 0.2) is 0 Å². The number of carbonyl (C=O) groups excluding carboxylic acids is 3. The van der Waals surface area contributed by atoms with Gasteiger partial charge in [0, 0.05) is 25.7 Å². The summed E-state index contributed by atoms with van der Waals surface area (Å²) in [5.41, 5.74) is -0.185. The number of carbonyl (C=O) groups is 3. The molecule has 9 nitrogen and oxygen atoms in total. The first kappa shape index (κ1) is 20.5. The fraction of sp³-hybridized carbons (Fsp3) is 0.500. The number of methoxy groups -OCH3 is 1. The lowest BCUT2D eigenvalue weighted by Crippen LogP contribution is -2.66. The number of amides is 1. The van der Waals surface area contributed by atoms with E-state index in [4.69, 9.17) is 9.47 Å². The van der Waals surface area contributed by atoms with Crippen LogP contribution in [0.1, 0.15) is 32.3 Å². The van der Waals surface area contributed by atoms with Crippen molar-refractivity contribution in [3.05, 3.63) is 39.9 Å². The van der Waals surface area contributed by atoms with E-state index >= 15 is 0 Å². The Morgan fingerprint density at radius 2 is 1.89 bits per heavy atom. The minimum atomic E-state index is -0.705. The molecule has 1 fully saturated rings. The molecule has 0 bridgehead atoms. The maximum absolute atomic E-state index is 12.1. The number of nitro groups is 1. The molecule has 1 amide bonds. The SMILES string of the molecule is COC(C)(C)[C@@H]1C(=O)N[C@@H]1CC(=O)CC(=O)OCc1ccc([N+](=O)[O-])cc1. The number of non-ortho nitro benzene ring substituents is 1. The van der Waals surface area contributed by atoms with Gasteiger partial charge < -0.3 is 14.8 Å². The second-order valence-corrected chi connectivity index (χ2v) is 6.90. The second-order valence-electron chi connectivity index (χ2n) is 6.90. The Labute approximate surface area is 156 Å². The van der Waals surface area contributed by atoms with E-state index in [0.29, 0.717) is 5.56 Å². The van der Waals surface area contributed by atoms with Gasteiger partial charge in [-0.25, -0.2) is 0 Å². The number of ether oxygens (including phenoxy) is 2. The molecule has 1 N–H and O–H groups in total. The van der Waals surface area contributed by atoms with Crippen molar-refractivity contribution in [1.29, 1.82) is 0 Å². The second kappa shape index (κ2) is 8.26. The molecule has 9 heteroatoms. The molecule has 0 aliphatic carbocycles. The summed E-state index contributed by atoms with van der Waals surface area (Å²) in [4.78, 5) is 45.7. The highest BCUT2D eigenvalue weighted by Gasteiger charge is 2.49. The van der Waals surface area contributed by atoms with Gasteiger partial charge in [-0.1, -0.05) is 0 Å². The fourth-order valence-electron chi connectivity index (χ4n) is 2.95. The molecule has 1 saturated heterocycles. The van der Waals surface area contributed by atoms with Crippen LogP contribution >= 0.6 is 0 Å². The summed E-state index contributed by atoms with van der Waals surface area (Å²) in [6.45, 7) is 3.46. The van der Waals surface area contributed by atoms with Crippen molar-refractivity contribution in [2.75, 3.05) is 7.11 Å². The molecule has 1 heterocycles. The highest BCUT2D eigenvalue weighted by atomic mass is 16.6. The maximum atomic E-state index is 12.1. The Hall–Kier alpha value is -2.81. The maximum Gasteiger partial charge on any atom is 0.313 e. The van der Waals surface area contributed by atoms with Crippen molar-refractivity contribution in [3.63, 3.8) is 0 Å². The van der Waals surface area contributed by atoms with Crippen LogP contribution in [0, 0.1) is 16.0 Å². The topological polar surface area (TPSA) is 125 Å². The number of hydrogen-bond acceptors (Lipinski definition) is 7. The molecule has 146 valence electrons. The van der Waals surface area contributed by atoms with E-state index < -0.39 is 28.8 Å². The Morgan fingerprint density at radius 3 is 2.41 bits per heavy atom. The number of nitrogens with zero attached hydrogens (tertiary/aromatic N) is 1. The van der Waals surface area contributed by atoms with Crippen LogP contribution in [0.25, 0.3) is 0 Å². The van der Waals surface area contributed by atoms with Crippen molar-refractivity contribution in [2.24, 2.45) is 5.92 Å². The molecule has 1 aliphatic rings. The normalized spacial score (nSPS) is 19.0. The molecule has 0 spiro atoms. The van der Waals surface area contributed by atoms with Crippen LogP contribution in [0.5, 0.6) is 0 Å². The Kier molecular flexibility index (Phi) is 6.27. The Morgan fingerprint density at radius 1 is 1.26 bits per heavy atom. The number of rotatable bonds is 9. The number of β-lactam (4-membered cyclic amide) rings is 1. The first-order valence-electron chi connectivity index (χ1n) is 8.40. The van der Waals surface area contributed by atoms with Crippen LogP contribution in [0.2, 0.25) is 0 Å². The molecule has 1 aromatic rings. The highest BCUT2D eigenvalue weighted by molar-refractivity contribution is 5.97. The molecule has 1 aromatic carbocycles. The zero-order valence-corrected chi connectivity index (χ0v) is 15.4. The minimum absolute atomic E-state index is 0.0236. The molecule has 0 saturated carbocycles. The van der Waals surface area contributed by atoms with Gasteiger partial charge in [-0.3, -0.25) is 24.5 Å². The summed E-state index contributed by atoms with van der Waals surface area (Å²) in [6, 6.07) is 5.21. The zero-order chi connectivity index (χ0) is 20.2. The smallest absolute Gasteiger partial charge is 0.313 e. The predicted molar refractivity (Wildman–Crippen MR) is 93.6 cm³/mol. The van der Waals surface area contributed by atoms with Crippen molar-refractivity contribution in [1.82, 2.24) is 5.32 Å². The lowest BCUT2D eigenvalue weighted by molar-refractivity contribution is -0.384. The first-order chi connectivity index (χ1) is 12.6. The van der Waals surface area contributed by atoms with Gasteiger partial charge in [-0.2, -0.15) is 0 Å². The Bertz CT molecular complexity index is 743. The molecule has 2 atom stereocenters. The van der Waals surface area contributed by atoms with Crippen LogP contribution in [0.3, 0.4) is 0 Å². The third-order valence-electron chi connectivity index (χ3n) is 4.62. The summed E-state index contributed by atoms with van der Waals surface area (Å²) in [7, 11) is 1.50. The van der Waals surface area contributed by atoms with Crippen molar-refractivity contribution < 1.29 is 28.8 Å². The van der Waals surface area contributed by atoms with E-state index in [9.17, 15) is 24.5 Å². The fourth-order valence-corrected chi connectivity index (χ4v) is 2.95. The van der Waals surface area contributed by atoms with Gasteiger partial charge in [-0.15, -0.1) is 0 Å². The molecular formula is C18H22N2O7. The van der Waals surface area contributed by atoms with Crippen LogP contribution in [0.4, 0.5) is 5.69 Å². The van der Waals surface area contributed by atoms with Gasteiger partial charge in [0.2, 0.25) is 5.91 Å². The third-order valence-corrected chi connectivity index (χ3v) is 4.62. The predicted octanol–water partition coefficient (Wildman–Crippen LogP) is 1.53. The summed E-state index contributed by atoms with van der Waals surface area (Å²) in [5, 5.41) is 13.3. The quantitative estimate of drug-likeness (QED) is 0.227. The molecule has 2 rings (SSSR count). The molecular weight excluding hydrogens is 356 g/mol. The monoisotopic (exact) mass is 378 g/mol. The van der Waals surface area contributed by atoms with Gasteiger partial charge in [0.05, 0.1) is 22.5 Å². The van der Waals surface area contributed by atoms with E-state index in [0.717, 1.165) is 0 Å². The number of esters is 1. The van der Waals surface area contributed by atoms with Gasteiger partial charge in [0.25, 0.3) is 5.69 Å². The van der Waals surface area contributed by atoms with Gasteiger partial charge >= 0.3 is 5.97 Å². The van der Waals surface area contributed by atoms with E-state index in [1.54, 1.807) is 13.8 Å². The van der Waals surface area contributed by atoms with E-state index in [2.05, 4.69) is 5.32 Å². The average molecular weight is 378 g/mol. The van der Waals surface area contributed by atoms with Gasteiger partial charge in [-0.05, 0) is 31.5 Å². The third kappa shape index (κ3) is 5.10. The summed E-state index contributed by atoms with van der Waals surface area (Å²) in [5.74, 6) is -1.67. The Balaban J connectivity index is 1.79. The lowest BCUT2D eigenvalue weighted by atomic mass is 9.75. The summed E-state index contributed by atoms with van der Waals surface area (Å²) >= 11 is 0. The zero-order valence-electron chi connectivity index (χ0n) is 15.4.